The molecular weight excluding hydrogens is 446 g/mol. The van der Waals surface area contributed by atoms with E-state index in [4.69, 9.17) is 4.74 Å². The maximum atomic E-state index is 13.7. The highest BCUT2D eigenvalue weighted by molar-refractivity contribution is 7.89. The molecule has 0 heterocycles. The number of anilines is 1. The number of hydrogen-bond acceptors (Lipinski definition) is 6. The lowest BCUT2D eigenvalue weighted by atomic mass is 9.95. The lowest BCUT2D eigenvalue weighted by Gasteiger charge is -2.33. The van der Waals surface area contributed by atoms with Crippen LogP contribution in [0.15, 0.2) is 41.3 Å². The number of carbonyl (C=O) groups excluding carboxylic acids is 1. The molecule has 1 fully saturated rings. The summed E-state index contributed by atoms with van der Waals surface area (Å²) < 4.78 is 34.0. The smallest absolute Gasteiger partial charge is 0.274 e. The number of nitrogens with zero attached hydrogens (tertiary/aromatic N) is 2. The Bertz CT molecular complexity index is 1140. The van der Waals surface area contributed by atoms with Gasteiger partial charge in [0.05, 0.1) is 29.8 Å². The van der Waals surface area contributed by atoms with Crippen molar-refractivity contribution in [3.05, 3.63) is 57.6 Å². The summed E-state index contributed by atoms with van der Waals surface area (Å²) in [6.45, 7) is 2.94. The summed E-state index contributed by atoms with van der Waals surface area (Å²) in [4.78, 5) is 23.7. The minimum Gasteiger partial charge on any atom is -0.495 e. The molecule has 1 aliphatic rings. The largest absolute Gasteiger partial charge is 0.495 e. The van der Waals surface area contributed by atoms with Crippen LogP contribution in [0.25, 0.3) is 0 Å². The van der Waals surface area contributed by atoms with Crippen molar-refractivity contribution in [2.75, 3.05) is 19.0 Å². The highest BCUT2D eigenvalue weighted by Crippen LogP contribution is 2.33. The molecule has 0 saturated heterocycles. The van der Waals surface area contributed by atoms with Crippen molar-refractivity contribution >= 4 is 27.3 Å². The fourth-order valence-electron chi connectivity index (χ4n) is 4.18. The summed E-state index contributed by atoms with van der Waals surface area (Å²) in [5.74, 6) is -0.337. The molecule has 1 amide bonds. The molecule has 0 unspecified atom stereocenters. The van der Waals surface area contributed by atoms with E-state index in [2.05, 4.69) is 5.32 Å². The SMILES string of the molecule is COc1ccc(C)cc1S(=O)(=O)N(CC(=O)Nc1cccc([N+](=O)[O-])c1C)C1CCCCC1. The van der Waals surface area contributed by atoms with Crippen LogP contribution in [-0.4, -0.2) is 43.2 Å². The number of methoxy groups -OCH3 is 1. The number of sulfonamides is 1. The number of nitrogens with one attached hydrogen (secondary N) is 1. The number of nitro benzene ring substituents is 1. The van der Waals surface area contributed by atoms with E-state index >= 15 is 0 Å². The summed E-state index contributed by atoms with van der Waals surface area (Å²) in [7, 11) is -2.64. The zero-order chi connectivity index (χ0) is 24.2. The fourth-order valence-corrected chi connectivity index (χ4v) is 6.06. The predicted octanol–water partition coefficient (Wildman–Crippen LogP) is 4.18. The average Bonchev–Trinajstić information content (AvgIpc) is 2.79. The van der Waals surface area contributed by atoms with Gasteiger partial charge in [0, 0.05) is 12.1 Å². The van der Waals surface area contributed by atoms with Crippen LogP contribution in [0.1, 0.15) is 43.2 Å². The van der Waals surface area contributed by atoms with Crippen LogP contribution in [0.3, 0.4) is 0 Å². The standard InChI is InChI=1S/C23H29N3O6S/c1-16-12-13-21(32-3)22(14-16)33(30,31)25(18-8-5-4-6-9-18)15-23(27)24-19-10-7-11-20(17(19)2)26(28)29/h7,10-14,18H,4-6,8-9,15H2,1-3H3,(H,24,27). The van der Waals surface area contributed by atoms with Crippen LogP contribution in [0.4, 0.5) is 11.4 Å². The lowest BCUT2D eigenvalue weighted by Crippen LogP contribution is -2.45. The number of hydrogen-bond donors (Lipinski definition) is 1. The number of carbonyl (C=O) groups is 1. The molecule has 0 spiro atoms. The summed E-state index contributed by atoms with van der Waals surface area (Å²) in [5.41, 5.74) is 1.23. The maximum absolute atomic E-state index is 13.7. The second-order valence-corrected chi connectivity index (χ2v) is 10.1. The summed E-state index contributed by atoms with van der Waals surface area (Å²) in [6, 6.07) is 9.00. The van der Waals surface area contributed by atoms with Crippen LogP contribution >= 0.6 is 0 Å². The van der Waals surface area contributed by atoms with Crippen molar-refractivity contribution < 1.29 is 22.9 Å². The normalized spacial score (nSPS) is 14.8. The van der Waals surface area contributed by atoms with Crippen molar-refractivity contribution in [3.63, 3.8) is 0 Å². The van der Waals surface area contributed by atoms with Crippen molar-refractivity contribution in [1.82, 2.24) is 4.31 Å². The Balaban J connectivity index is 1.94. The first-order valence-electron chi connectivity index (χ1n) is 10.9. The van der Waals surface area contributed by atoms with E-state index in [1.807, 2.05) is 0 Å². The van der Waals surface area contributed by atoms with Gasteiger partial charge in [0.2, 0.25) is 15.9 Å². The molecule has 0 bridgehead atoms. The van der Waals surface area contributed by atoms with Gasteiger partial charge in [-0.25, -0.2) is 8.42 Å². The highest BCUT2D eigenvalue weighted by atomic mass is 32.2. The minimum atomic E-state index is -4.05. The topological polar surface area (TPSA) is 119 Å². The number of aryl methyl sites for hydroxylation is 1. The van der Waals surface area contributed by atoms with Gasteiger partial charge in [-0.3, -0.25) is 14.9 Å². The molecular formula is C23H29N3O6S. The van der Waals surface area contributed by atoms with Crippen LogP contribution in [-0.2, 0) is 14.8 Å². The third-order valence-corrected chi connectivity index (χ3v) is 7.88. The van der Waals surface area contributed by atoms with E-state index in [0.29, 0.717) is 18.4 Å². The van der Waals surface area contributed by atoms with Crippen LogP contribution in [0, 0.1) is 24.0 Å². The van der Waals surface area contributed by atoms with Gasteiger partial charge < -0.3 is 10.1 Å². The average molecular weight is 476 g/mol. The number of rotatable bonds is 8. The van der Waals surface area contributed by atoms with Crippen LogP contribution < -0.4 is 10.1 Å². The zero-order valence-electron chi connectivity index (χ0n) is 19.0. The first-order valence-corrected chi connectivity index (χ1v) is 12.3. The Labute approximate surface area is 193 Å². The molecule has 0 radical (unpaired) electrons. The third-order valence-electron chi connectivity index (χ3n) is 5.96. The summed E-state index contributed by atoms with van der Waals surface area (Å²) in [6.07, 6.45) is 4.12. The van der Waals surface area contributed by atoms with E-state index in [0.717, 1.165) is 24.8 Å². The Morgan fingerprint density at radius 2 is 1.88 bits per heavy atom. The van der Waals surface area contributed by atoms with Crippen molar-refractivity contribution in [2.45, 2.75) is 56.9 Å². The van der Waals surface area contributed by atoms with Crippen LogP contribution in [0.2, 0.25) is 0 Å². The molecule has 3 rings (SSSR count). The fraction of sp³-hybridized carbons (Fsp3) is 0.435. The Kier molecular flexibility index (Phi) is 7.70. The van der Waals surface area contributed by atoms with E-state index in [-0.39, 0.29) is 28.1 Å². The highest BCUT2D eigenvalue weighted by Gasteiger charge is 2.36. The minimum absolute atomic E-state index is 0.0231. The molecule has 2 aromatic carbocycles. The van der Waals surface area contributed by atoms with Gasteiger partial charge in [0.15, 0.2) is 0 Å². The zero-order valence-corrected chi connectivity index (χ0v) is 19.9. The molecule has 2 aromatic rings. The Hall–Kier alpha value is -2.98. The van der Waals surface area contributed by atoms with Crippen molar-refractivity contribution in [1.29, 1.82) is 0 Å². The van der Waals surface area contributed by atoms with E-state index in [9.17, 15) is 23.3 Å². The molecule has 0 atom stereocenters. The second-order valence-electron chi connectivity index (χ2n) is 8.25. The van der Waals surface area contributed by atoms with Crippen molar-refractivity contribution in [3.8, 4) is 5.75 Å². The maximum Gasteiger partial charge on any atom is 0.274 e. The predicted molar refractivity (Wildman–Crippen MR) is 125 cm³/mol. The van der Waals surface area contributed by atoms with E-state index < -0.39 is 27.4 Å². The molecule has 178 valence electrons. The lowest BCUT2D eigenvalue weighted by molar-refractivity contribution is -0.385. The van der Waals surface area contributed by atoms with Gasteiger partial charge >= 0.3 is 0 Å². The molecule has 0 aromatic heterocycles. The first kappa shape index (κ1) is 24.7. The van der Waals surface area contributed by atoms with E-state index in [1.54, 1.807) is 38.1 Å². The van der Waals surface area contributed by atoms with Gasteiger partial charge in [-0.15, -0.1) is 0 Å². The first-order chi connectivity index (χ1) is 15.6. The van der Waals surface area contributed by atoms with Crippen molar-refractivity contribution in [2.24, 2.45) is 0 Å². The Morgan fingerprint density at radius 3 is 2.52 bits per heavy atom. The van der Waals surface area contributed by atoms with Gasteiger partial charge in [0.1, 0.15) is 10.6 Å². The second kappa shape index (κ2) is 10.3. The van der Waals surface area contributed by atoms with Gasteiger partial charge in [-0.1, -0.05) is 31.4 Å². The van der Waals surface area contributed by atoms with Gasteiger partial charge in [-0.05, 0) is 50.5 Å². The molecule has 1 aliphatic carbocycles. The number of amides is 1. The number of nitro groups is 1. The molecule has 10 heteroatoms. The van der Waals surface area contributed by atoms with E-state index in [1.165, 1.54) is 23.5 Å². The molecule has 1 N–H and O–H groups in total. The number of ether oxygens (including phenoxy) is 1. The molecule has 9 nitrogen and oxygen atoms in total. The molecule has 0 aliphatic heterocycles. The summed E-state index contributed by atoms with van der Waals surface area (Å²) >= 11 is 0. The van der Waals surface area contributed by atoms with Gasteiger partial charge in [-0.2, -0.15) is 4.31 Å². The quantitative estimate of drug-likeness (QED) is 0.452. The number of benzene rings is 2. The van der Waals surface area contributed by atoms with Crippen LogP contribution in [0.5, 0.6) is 5.75 Å². The van der Waals surface area contributed by atoms with Gasteiger partial charge in [0.25, 0.3) is 5.69 Å². The molecule has 33 heavy (non-hydrogen) atoms. The monoisotopic (exact) mass is 475 g/mol. The Morgan fingerprint density at radius 1 is 1.18 bits per heavy atom. The summed E-state index contributed by atoms with van der Waals surface area (Å²) in [5, 5.41) is 13.9. The molecule has 1 saturated carbocycles. The third kappa shape index (κ3) is 5.51.